The summed E-state index contributed by atoms with van der Waals surface area (Å²) in [5.41, 5.74) is 4.13. The molecule has 0 heterocycles. The molecule has 0 aliphatic rings. The van der Waals surface area contributed by atoms with Crippen LogP contribution in [0.2, 0.25) is 0 Å². The molecule has 4 rings (SSSR count). The van der Waals surface area contributed by atoms with Gasteiger partial charge in [0.15, 0.2) is 0 Å². The van der Waals surface area contributed by atoms with E-state index in [1.165, 1.54) is 38.5 Å². The molecule has 0 aliphatic carbocycles. The van der Waals surface area contributed by atoms with Crippen LogP contribution in [0.4, 0.5) is 11.4 Å². The zero-order valence-electron chi connectivity index (χ0n) is 20.6. The van der Waals surface area contributed by atoms with Crippen molar-refractivity contribution in [3.8, 4) is 0 Å². The van der Waals surface area contributed by atoms with Crippen LogP contribution in [0, 0.1) is 20.2 Å². The predicted octanol–water partition coefficient (Wildman–Crippen LogP) is 5.99. The van der Waals surface area contributed by atoms with E-state index < -0.39 is 9.85 Å². The first-order valence-corrected chi connectivity index (χ1v) is 11.3. The molecule has 0 fully saturated rings. The normalized spacial score (nSPS) is 11.1. The highest BCUT2D eigenvalue weighted by Crippen LogP contribution is 2.19. The Labute approximate surface area is 218 Å². The van der Waals surface area contributed by atoms with Gasteiger partial charge in [0.2, 0.25) is 0 Å². The third-order valence-electron chi connectivity index (χ3n) is 5.12. The summed E-state index contributed by atoms with van der Waals surface area (Å²) in [6.45, 7) is 0. The van der Waals surface area contributed by atoms with E-state index in [1.807, 2.05) is 60.7 Å². The molecule has 38 heavy (non-hydrogen) atoms. The Morgan fingerprint density at radius 3 is 1.21 bits per heavy atom. The standard InChI is InChI=1S/2C14H12N2O3/c2*1-19-15-14(11-6-3-2-4-7-11)12-8-5-9-13(10-12)16(17)18/h2*2-10H,1H3/b2*15-14+. The average Bonchev–Trinajstić information content (AvgIpc) is 2.96. The zero-order chi connectivity index (χ0) is 27.3. The van der Waals surface area contributed by atoms with Crippen LogP contribution in [0.3, 0.4) is 0 Å². The SMILES string of the molecule is CO/N=C(\c1ccccc1)c1cccc([N+](=O)[O-])c1.CO/N=C(\c1ccccc1)c1cccc([N+](=O)[O-])c1. The number of hydrogen-bond donors (Lipinski definition) is 0. The molecule has 0 spiro atoms. The number of rotatable bonds is 8. The summed E-state index contributed by atoms with van der Waals surface area (Å²) in [4.78, 5) is 30.4. The molecule has 192 valence electrons. The van der Waals surface area contributed by atoms with Crippen LogP contribution < -0.4 is 0 Å². The topological polar surface area (TPSA) is 129 Å². The van der Waals surface area contributed by atoms with Crippen LogP contribution in [0.5, 0.6) is 0 Å². The van der Waals surface area contributed by atoms with Crippen LogP contribution >= 0.6 is 0 Å². The van der Waals surface area contributed by atoms with E-state index in [0.717, 1.165) is 11.1 Å². The smallest absolute Gasteiger partial charge is 0.270 e. The highest BCUT2D eigenvalue weighted by Gasteiger charge is 2.13. The number of oxime groups is 2. The molecule has 0 bridgehead atoms. The quantitative estimate of drug-likeness (QED) is 0.162. The summed E-state index contributed by atoms with van der Waals surface area (Å²) in [6, 6.07) is 31.4. The Kier molecular flexibility index (Phi) is 9.77. The molecule has 4 aromatic carbocycles. The minimum Gasteiger partial charge on any atom is -0.399 e. The van der Waals surface area contributed by atoms with E-state index in [0.29, 0.717) is 22.6 Å². The molecule has 0 amide bonds. The van der Waals surface area contributed by atoms with E-state index in [2.05, 4.69) is 10.3 Å². The summed E-state index contributed by atoms with van der Waals surface area (Å²) in [5.74, 6) is 0. The van der Waals surface area contributed by atoms with E-state index in [1.54, 1.807) is 24.3 Å². The third kappa shape index (κ3) is 7.31. The van der Waals surface area contributed by atoms with Gasteiger partial charge in [0, 0.05) is 46.5 Å². The van der Waals surface area contributed by atoms with E-state index in [9.17, 15) is 20.2 Å². The van der Waals surface area contributed by atoms with Crippen molar-refractivity contribution in [3.63, 3.8) is 0 Å². The molecule has 0 N–H and O–H groups in total. The number of nitrogens with zero attached hydrogens (tertiary/aromatic N) is 4. The van der Waals surface area contributed by atoms with Gasteiger partial charge in [-0.3, -0.25) is 20.2 Å². The molecule has 10 nitrogen and oxygen atoms in total. The molecular formula is C28H24N4O6. The van der Waals surface area contributed by atoms with Crippen molar-refractivity contribution in [1.29, 1.82) is 0 Å². The van der Waals surface area contributed by atoms with Gasteiger partial charge in [0.05, 0.1) is 9.85 Å². The Hall–Kier alpha value is -5.38. The van der Waals surface area contributed by atoms with E-state index in [4.69, 9.17) is 9.68 Å². The minimum atomic E-state index is -0.432. The maximum atomic E-state index is 10.8. The first-order valence-electron chi connectivity index (χ1n) is 11.3. The van der Waals surface area contributed by atoms with Crippen molar-refractivity contribution in [2.24, 2.45) is 10.3 Å². The van der Waals surface area contributed by atoms with Gasteiger partial charge in [0.25, 0.3) is 11.4 Å². The molecule has 0 saturated heterocycles. The number of nitro groups is 2. The molecule has 0 aromatic heterocycles. The number of nitro benzene ring substituents is 2. The number of hydrogen-bond acceptors (Lipinski definition) is 8. The Bertz CT molecular complexity index is 1330. The Morgan fingerprint density at radius 2 is 0.895 bits per heavy atom. The maximum absolute atomic E-state index is 10.8. The first kappa shape index (κ1) is 27.2. The second-order valence-corrected chi connectivity index (χ2v) is 7.59. The maximum Gasteiger partial charge on any atom is 0.270 e. The van der Waals surface area contributed by atoms with Gasteiger partial charge in [-0.1, -0.05) is 95.2 Å². The molecule has 0 unspecified atom stereocenters. The monoisotopic (exact) mass is 512 g/mol. The summed E-state index contributed by atoms with van der Waals surface area (Å²) in [7, 11) is 2.89. The highest BCUT2D eigenvalue weighted by atomic mass is 16.6. The summed E-state index contributed by atoms with van der Waals surface area (Å²) in [6.07, 6.45) is 0. The summed E-state index contributed by atoms with van der Waals surface area (Å²) in [5, 5.41) is 29.5. The fourth-order valence-corrected chi connectivity index (χ4v) is 3.45. The lowest BCUT2D eigenvalue weighted by Gasteiger charge is -2.05. The highest BCUT2D eigenvalue weighted by molar-refractivity contribution is 6.13. The van der Waals surface area contributed by atoms with Crippen molar-refractivity contribution >= 4 is 22.8 Å². The van der Waals surface area contributed by atoms with Crippen LogP contribution in [-0.4, -0.2) is 35.5 Å². The molecule has 0 atom stereocenters. The number of non-ortho nitro benzene ring substituents is 2. The fraction of sp³-hybridized carbons (Fsp3) is 0.0714. The lowest BCUT2D eigenvalue weighted by atomic mass is 10.0. The van der Waals surface area contributed by atoms with Crippen molar-refractivity contribution in [1.82, 2.24) is 0 Å². The van der Waals surface area contributed by atoms with E-state index >= 15 is 0 Å². The third-order valence-corrected chi connectivity index (χ3v) is 5.12. The molecule has 0 aliphatic heterocycles. The van der Waals surface area contributed by atoms with Crippen LogP contribution in [0.1, 0.15) is 22.3 Å². The van der Waals surface area contributed by atoms with Crippen molar-refractivity contribution in [2.75, 3.05) is 14.2 Å². The molecule has 0 saturated carbocycles. The largest absolute Gasteiger partial charge is 0.399 e. The summed E-state index contributed by atoms with van der Waals surface area (Å²) < 4.78 is 0. The zero-order valence-corrected chi connectivity index (χ0v) is 20.6. The molecule has 0 radical (unpaired) electrons. The average molecular weight is 513 g/mol. The molecule has 10 heteroatoms. The van der Waals surface area contributed by atoms with Gasteiger partial charge in [-0.15, -0.1) is 0 Å². The van der Waals surface area contributed by atoms with Gasteiger partial charge in [0.1, 0.15) is 25.6 Å². The van der Waals surface area contributed by atoms with Crippen molar-refractivity contribution in [2.45, 2.75) is 0 Å². The lowest BCUT2D eigenvalue weighted by Crippen LogP contribution is -2.04. The predicted molar refractivity (Wildman–Crippen MR) is 144 cm³/mol. The van der Waals surface area contributed by atoms with Crippen molar-refractivity contribution in [3.05, 3.63) is 152 Å². The number of benzene rings is 4. The second kappa shape index (κ2) is 13.6. The Balaban J connectivity index is 0.000000211. The lowest BCUT2D eigenvalue weighted by molar-refractivity contribution is -0.385. The van der Waals surface area contributed by atoms with Gasteiger partial charge in [-0.2, -0.15) is 0 Å². The summed E-state index contributed by atoms with van der Waals surface area (Å²) >= 11 is 0. The molecular weight excluding hydrogens is 488 g/mol. The molecule has 4 aromatic rings. The van der Waals surface area contributed by atoms with Gasteiger partial charge in [-0.05, 0) is 0 Å². The van der Waals surface area contributed by atoms with Crippen molar-refractivity contribution < 1.29 is 19.5 Å². The van der Waals surface area contributed by atoms with Gasteiger partial charge in [-0.25, -0.2) is 0 Å². The minimum absolute atomic E-state index is 0.0252. The van der Waals surface area contributed by atoms with Gasteiger partial charge < -0.3 is 9.68 Å². The van der Waals surface area contributed by atoms with Crippen LogP contribution in [-0.2, 0) is 9.68 Å². The van der Waals surface area contributed by atoms with Gasteiger partial charge >= 0.3 is 0 Å². The van der Waals surface area contributed by atoms with Crippen LogP contribution in [0.25, 0.3) is 0 Å². The second-order valence-electron chi connectivity index (χ2n) is 7.59. The first-order chi connectivity index (χ1) is 18.4. The fourth-order valence-electron chi connectivity index (χ4n) is 3.45. The van der Waals surface area contributed by atoms with Crippen LogP contribution in [0.15, 0.2) is 120 Å². The Morgan fingerprint density at radius 1 is 0.553 bits per heavy atom. The van der Waals surface area contributed by atoms with E-state index in [-0.39, 0.29) is 11.4 Å².